The predicted molar refractivity (Wildman–Crippen MR) is 75.6 cm³/mol. The molecule has 0 radical (unpaired) electrons. The van der Waals surface area contributed by atoms with Crippen molar-refractivity contribution < 1.29 is 4.79 Å². The van der Waals surface area contributed by atoms with Crippen molar-refractivity contribution in [1.29, 1.82) is 0 Å². The lowest BCUT2D eigenvalue weighted by Crippen LogP contribution is -2.22. The average molecular weight is 277 g/mol. The molecule has 0 aliphatic heterocycles. The van der Waals surface area contributed by atoms with Gasteiger partial charge in [0, 0.05) is 12.1 Å². The van der Waals surface area contributed by atoms with Gasteiger partial charge in [-0.15, -0.1) is 11.3 Å². The molecule has 2 rings (SSSR count). The molecule has 0 unspecified atom stereocenters. The number of carbonyl (C=O) groups is 1. The third-order valence-corrected chi connectivity index (χ3v) is 3.33. The largest absolute Gasteiger partial charge is 0.389 e. The van der Waals surface area contributed by atoms with Crippen molar-refractivity contribution in [3.8, 4) is 0 Å². The monoisotopic (exact) mass is 277 g/mol. The van der Waals surface area contributed by atoms with Gasteiger partial charge >= 0.3 is 0 Å². The maximum Gasteiger partial charge on any atom is 0.263 e. The van der Waals surface area contributed by atoms with Crippen molar-refractivity contribution >= 4 is 34.5 Å². The zero-order chi connectivity index (χ0) is 13.0. The summed E-state index contributed by atoms with van der Waals surface area (Å²) in [4.78, 5) is 16.5. The summed E-state index contributed by atoms with van der Waals surface area (Å²) in [6, 6.07) is 7.49. The molecule has 0 aliphatic rings. The van der Waals surface area contributed by atoms with Gasteiger partial charge in [0.25, 0.3) is 5.91 Å². The Hall–Kier alpha value is -1.79. The number of carbonyl (C=O) groups excluding carboxylic acids is 1. The predicted octanol–water partition coefficient (Wildman–Crippen LogP) is 1.71. The molecule has 4 nitrogen and oxygen atoms in total. The summed E-state index contributed by atoms with van der Waals surface area (Å²) >= 11 is 6.22. The second-order valence-corrected chi connectivity index (χ2v) is 4.94. The SMILES string of the molecule is NC(=S)c1cccc(CNC(=O)c2cncs2)c1. The highest BCUT2D eigenvalue weighted by atomic mass is 32.1. The summed E-state index contributed by atoms with van der Waals surface area (Å²) in [5.41, 5.74) is 8.94. The van der Waals surface area contributed by atoms with Crippen LogP contribution in [0.5, 0.6) is 0 Å². The Balaban J connectivity index is 2.00. The normalized spacial score (nSPS) is 10.0. The van der Waals surface area contributed by atoms with Crippen LogP contribution < -0.4 is 11.1 Å². The quantitative estimate of drug-likeness (QED) is 0.835. The third kappa shape index (κ3) is 3.12. The second-order valence-electron chi connectivity index (χ2n) is 3.61. The lowest BCUT2D eigenvalue weighted by Gasteiger charge is -2.05. The molecular formula is C12H11N3OS2. The molecule has 0 saturated heterocycles. The fourth-order valence-electron chi connectivity index (χ4n) is 1.43. The highest BCUT2D eigenvalue weighted by Gasteiger charge is 2.06. The van der Waals surface area contributed by atoms with Crippen LogP contribution in [-0.2, 0) is 6.54 Å². The second kappa shape index (κ2) is 5.70. The number of benzene rings is 1. The number of rotatable bonds is 4. The lowest BCUT2D eigenvalue weighted by atomic mass is 10.1. The Morgan fingerprint density at radius 3 is 3.00 bits per heavy atom. The number of aromatic nitrogens is 1. The first kappa shape index (κ1) is 12.7. The van der Waals surface area contributed by atoms with E-state index in [1.54, 1.807) is 11.7 Å². The standard InChI is InChI=1S/C12H11N3OS2/c13-11(17)9-3-1-2-8(4-9)5-15-12(16)10-6-14-7-18-10/h1-4,6-7H,5H2,(H2,13,17)(H,15,16). The molecule has 2 aromatic rings. The molecule has 0 spiro atoms. The molecule has 0 fully saturated rings. The van der Waals surface area contributed by atoms with Crippen LogP contribution >= 0.6 is 23.6 Å². The Morgan fingerprint density at radius 1 is 1.50 bits per heavy atom. The molecular weight excluding hydrogens is 266 g/mol. The van der Waals surface area contributed by atoms with E-state index in [1.807, 2.05) is 24.3 Å². The molecule has 92 valence electrons. The number of nitrogens with two attached hydrogens (primary N) is 1. The van der Waals surface area contributed by atoms with Gasteiger partial charge in [0.15, 0.2) is 0 Å². The van der Waals surface area contributed by atoms with Crippen molar-refractivity contribution in [3.05, 3.63) is 52.0 Å². The molecule has 1 aromatic heterocycles. The van der Waals surface area contributed by atoms with E-state index in [-0.39, 0.29) is 5.91 Å². The van der Waals surface area contributed by atoms with Crippen LogP contribution in [0.3, 0.4) is 0 Å². The van der Waals surface area contributed by atoms with Crippen LogP contribution in [0.2, 0.25) is 0 Å². The number of nitrogens with zero attached hydrogens (tertiary/aromatic N) is 1. The van der Waals surface area contributed by atoms with Gasteiger partial charge in [0.2, 0.25) is 0 Å². The summed E-state index contributed by atoms with van der Waals surface area (Å²) in [6.07, 6.45) is 1.55. The van der Waals surface area contributed by atoms with Crippen molar-refractivity contribution in [3.63, 3.8) is 0 Å². The van der Waals surface area contributed by atoms with E-state index in [0.29, 0.717) is 16.4 Å². The van der Waals surface area contributed by atoms with Gasteiger partial charge in [-0.1, -0.05) is 30.4 Å². The van der Waals surface area contributed by atoms with E-state index >= 15 is 0 Å². The van der Waals surface area contributed by atoms with Crippen molar-refractivity contribution in [2.75, 3.05) is 0 Å². The number of thiocarbonyl (C=S) groups is 1. The third-order valence-electron chi connectivity index (χ3n) is 2.32. The summed E-state index contributed by atoms with van der Waals surface area (Å²) in [5.74, 6) is -0.127. The van der Waals surface area contributed by atoms with Crippen molar-refractivity contribution in [1.82, 2.24) is 10.3 Å². The molecule has 1 amide bonds. The summed E-state index contributed by atoms with van der Waals surface area (Å²) in [5, 5.41) is 2.81. The summed E-state index contributed by atoms with van der Waals surface area (Å²) < 4.78 is 0. The number of thiazole rings is 1. The van der Waals surface area contributed by atoms with Crippen molar-refractivity contribution in [2.45, 2.75) is 6.54 Å². The Bertz CT molecular complexity index is 566. The van der Waals surface area contributed by atoms with Crippen LogP contribution in [0.15, 0.2) is 36.0 Å². The number of hydrogen-bond donors (Lipinski definition) is 2. The highest BCUT2D eigenvalue weighted by Crippen LogP contribution is 2.07. The van der Waals surface area contributed by atoms with E-state index in [4.69, 9.17) is 18.0 Å². The molecule has 18 heavy (non-hydrogen) atoms. The molecule has 6 heteroatoms. The van der Waals surface area contributed by atoms with E-state index < -0.39 is 0 Å². The Kier molecular flexibility index (Phi) is 4.01. The number of nitrogens with one attached hydrogen (secondary N) is 1. The molecule has 1 heterocycles. The maximum absolute atomic E-state index is 11.7. The van der Waals surface area contributed by atoms with Crippen LogP contribution in [-0.4, -0.2) is 15.9 Å². The lowest BCUT2D eigenvalue weighted by molar-refractivity contribution is 0.0955. The van der Waals surface area contributed by atoms with Gasteiger partial charge in [0.05, 0.1) is 11.7 Å². The van der Waals surface area contributed by atoms with E-state index in [9.17, 15) is 4.79 Å². The van der Waals surface area contributed by atoms with Gasteiger partial charge in [-0.2, -0.15) is 0 Å². The average Bonchev–Trinajstić information content (AvgIpc) is 2.90. The van der Waals surface area contributed by atoms with E-state index in [2.05, 4.69) is 10.3 Å². The van der Waals surface area contributed by atoms with Crippen LogP contribution in [0.4, 0.5) is 0 Å². The van der Waals surface area contributed by atoms with Gasteiger partial charge in [-0.25, -0.2) is 0 Å². The van der Waals surface area contributed by atoms with Gasteiger partial charge in [-0.3, -0.25) is 9.78 Å². The van der Waals surface area contributed by atoms with Gasteiger partial charge < -0.3 is 11.1 Å². The molecule has 0 saturated carbocycles. The zero-order valence-electron chi connectivity index (χ0n) is 9.42. The van der Waals surface area contributed by atoms with Crippen molar-refractivity contribution in [2.24, 2.45) is 5.73 Å². The molecule has 0 aliphatic carbocycles. The maximum atomic E-state index is 11.7. The molecule has 1 aromatic carbocycles. The molecule has 3 N–H and O–H groups in total. The summed E-state index contributed by atoms with van der Waals surface area (Å²) in [6.45, 7) is 0.438. The van der Waals surface area contributed by atoms with E-state index in [0.717, 1.165) is 11.1 Å². The topological polar surface area (TPSA) is 68.0 Å². The zero-order valence-corrected chi connectivity index (χ0v) is 11.1. The fourth-order valence-corrected chi connectivity index (χ4v) is 2.10. The Morgan fingerprint density at radius 2 is 2.33 bits per heavy atom. The highest BCUT2D eigenvalue weighted by molar-refractivity contribution is 7.80. The minimum atomic E-state index is -0.127. The van der Waals surface area contributed by atoms with Crippen LogP contribution in [0.25, 0.3) is 0 Å². The number of hydrogen-bond acceptors (Lipinski definition) is 4. The first-order valence-corrected chi connectivity index (χ1v) is 6.51. The number of amides is 1. The first-order valence-electron chi connectivity index (χ1n) is 5.22. The minimum absolute atomic E-state index is 0.127. The van der Waals surface area contributed by atoms with Gasteiger partial charge in [0.1, 0.15) is 9.87 Å². The van der Waals surface area contributed by atoms with Crippen LogP contribution in [0.1, 0.15) is 20.8 Å². The summed E-state index contributed by atoms with van der Waals surface area (Å²) in [7, 11) is 0. The smallest absolute Gasteiger partial charge is 0.263 e. The Labute approximate surface area is 114 Å². The fraction of sp³-hybridized carbons (Fsp3) is 0.0833. The minimum Gasteiger partial charge on any atom is -0.389 e. The molecule has 0 bridgehead atoms. The van der Waals surface area contributed by atoms with E-state index in [1.165, 1.54) is 11.3 Å². The van der Waals surface area contributed by atoms with Crippen LogP contribution in [0, 0.1) is 0 Å². The molecule has 0 atom stereocenters. The first-order chi connectivity index (χ1) is 8.66. The van der Waals surface area contributed by atoms with Gasteiger partial charge in [-0.05, 0) is 11.6 Å².